The molecule has 3 amide bonds. The molecule has 0 spiro atoms. The molecule has 0 atom stereocenters. The van der Waals surface area contributed by atoms with Crippen LogP contribution in [0.1, 0.15) is 36.6 Å². The number of anilines is 2. The zero-order chi connectivity index (χ0) is 19.8. The van der Waals surface area contributed by atoms with Crippen LogP contribution in [-0.2, 0) is 0 Å². The Morgan fingerprint density at radius 1 is 0.893 bits per heavy atom. The lowest BCUT2D eigenvalue weighted by atomic mass is 10.1. The van der Waals surface area contributed by atoms with E-state index in [1.54, 1.807) is 42.5 Å². The number of halogens is 1. The van der Waals surface area contributed by atoms with E-state index in [2.05, 4.69) is 5.32 Å². The summed E-state index contributed by atoms with van der Waals surface area (Å²) < 4.78 is 0. The summed E-state index contributed by atoms with van der Waals surface area (Å²) in [7, 11) is 0. The van der Waals surface area contributed by atoms with Crippen molar-refractivity contribution >= 4 is 40.7 Å². The Kier molecular flexibility index (Phi) is 4.45. The Morgan fingerprint density at radius 3 is 2.11 bits per heavy atom. The van der Waals surface area contributed by atoms with Gasteiger partial charge < -0.3 is 5.32 Å². The number of nitrogens with one attached hydrogen (secondary N) is 1. The first kappa shape index (κ1) is 17.9. The van der Waals surface area contributed by atoms with Crippen molar-refractivity contribution in [2.24, 2.45) is 0 Å². The van der Waals surface area contributed by atoms with Crippen LogP contribution in [0.5, 0.6) is 0 Å². The first-order chi connectivity index (χ1) is 13.5. The van der Waals surface area contributed by atoms with Gasteiger partial charge in [-0.2, -0.15) is 0 Å². The van der Waals surface area contributed by atoms with Gasteiger partial charge in [0.05, 0.1) is 21.8 Å². The fraction of sp³-hybridized carbons (Fsp3) is 0.0455. The summed E-state index contributed by atoms with van der Waals surface area (Å²) in [6.45, 7) is 1.96. The third-order valence-electron chi connectivity index (χ3n) is 4.55. The molecule has 1 heterocycles. The van der Waals surface area contributed by atoms with Crippen LogP contribution in [0.4, 0.5) is 11.4 Å². The number of rotatable bonds is 3. The molecule has 0 aliphatic carbocycles. The molecular weight excluding hydrogens is 376 g/mol. The maximum absolute atomic E-state index is 12.7. The van der Waals surface area contributed by atoms with Gasteiger partial charge in [0.15, 0.2) is 0 Å². The Labute approximate surface area is 166 Å². The number of hydrogen-bond acceptors (Lipinski definition) is 3. The second-order valence-corrected chi connectivity index (χ2v) is 6.88. The van der Waals surface area contributed by atoms with Gasteiger partial charge in [0.1, 0.15) is 0 Å². The minimum atomic E-state index is -0.460. The number of benzene rings is 3. The van der Waals surface area contributed by atoms with Crippen molar-refractivity contribution in [3.63, 3.8) is 0 Å². The second-order valence-electron chi connectivity index (χ2n) is 6.48. The van der Waals surface area contributed by atoms with E-state index in [4.69, 9.17) is 11.6 Å². The van der Waals surface area contributed by atoms with Crippen LogP contribution in [0, 0.1) is 6.92 Å². The van der Waals surface area contributed by atoms with Crippen LogP contribution >= 0.6 is 11.6 Å². The van der Waals surface area contributed by atoms with Crippen molar-refractivity contribution in [3.8, 4) is 0 Å². The largest absolute Gasteiger partial charge is 0.322 e. The third-order valence-corrected chi connectivity index (χ3v) is 4.87. The molecule has 3 aromatic carbocycles. The van der Waals surface area contributed by atoms with E-state index in [1.807, 2.05) is 19.1 Å². The molecule has 1 aliphatic rings. The summed E-state index contributed by atoms with van der Waals surface area (Å²) in [4.78, 5) is 39.0. The lowest BCUT2D eigenvalue weighted by Crippen LogP contribution is -2.30. The molecule has 0 saturated carbocycles. The predicted octanol–water partition coefficient (Wildman–Crippen LogP) is 4.70. The molecule has 5 nitrogen and oxygen atoms in total. The van der Waals surface area contributed by atoms with E-state index in [9.17, 15) is 14.4 Å². The molecule has 0 aromatic heterocycles. The fourth-order valence-corrected chi connectivity index (χ4v) is 3.28. The lowest BCUT2D eigenvalue weighted by molar-refractivity contribution is 0.0924. The molecule has 6 heteroatoms. The Hall–Kier alpha value is -3.44. The number of fused-ring (bicyclic) bond motifs is 1. The standard InChI is InChI=1S/C22H15ClN2O3/c1-13-6-9-15(10-7-13)24-20(26)14-8-11-18(23)19(12-14)25-21(27)16-4-2-3-5-17(16)22(25)28/h2-12H,1H3,(H,24,26). The van der Waals surface area contributed by atoms with E-state index in [1.165, 1.54) is 12.1 Å². The van der Waals surface area contributed by atoms with Crippen molar-refractivity contribution in [1.29, 1.82) is 0 Å². The topological polar surface area (TPSA) is 66.5 Å². The third kappa shape index (κ3) is 3.06. The summed E-state index contributed by atoms with van der Waals surface area (Å²) in [6, 6.07) is 18.5. The van der Waals surface area contributed by atoms with E-state index in [0.29, 0.717) is 16.8 Å². The summed E-state index contributed by atoms with van der Waals surface area (Å²) >= 11 is 6.25. The van der Waals surface area contributed by atoms with Gasteiger partial charge in [-0.15, -0.1) is 0 Å². The molecule has 0 saturated heterocycles. The van der Waals surface area contributed by atoms with Crippen molar-refractivity contribution in [2.45, 2.75) is 6.92 Å². The van der Waals surface area contributed by atoms with E-state index in [-0.39, 0.29) is 22.2 Å². The van der Waals surface area contributed by atoms with Gasteiger partial charge in [-0.1, -0.05) is 41.4 Å². The Bertz CT molecular complexity index is 1090. The molecule has 28 heavy (non-hydrogen) atoms. The van der Waals surface area contributed by atoms with Crippen LogP contribution in [0.25, 0.3) is 0 Å². The van der Waals surface area contributed by atoms with Crippen LogP contribution < -0.4 is 10.2 Å². The number of carbonyl (C=O) groups is 3. The second kappa shape index (κ2) is 6.94. The number of imide groups is 1. The minimum Gasteiger partial charge on any atom is -0.322 e. The maximum atomic E-state index is 12.7. The number of hydrogen-bond donors (Lipinski definition) is 1. The van der Waals surface area contributed by atoms with Crippen LogP contribution in [0.2, 0.25) is 5.02 Å². The molecule has 0 radical (unpaired) electrons. The SMILES string of the molecule is Cc1ccc(NC(=O)c2ccc(Cl)c(N3C(=O)c4ccccc4C3=O)c2)cc1. The average Bonchev–Trinajstić information content (AvgIpc) is 2.95. The summed E-state index contributed by atoms with van der Waals surface area (Å²) in [5.74, 6) is -1.28. The predicted molar refractivity (Wildman–Crippen MR) is 108 cm³/mol. The molecule has 1 aliphatic heterocycles. The average molecular weight is 391 g/mol. The maximum Gasteiger partial charge on any atom is 0.266 e. The van der Waals surface area contributed by atoms with Gasteiger partial charge in [-0.05, 0) is 49.4 Å². The van der Waals surface area contributed by atoms with Crippen LogP contribution in [-0.4, -0.2) is 17.7 Å². The van der Waals surface area contributed by atoms with Gasteiger partial charge >= 0.3 is 0 Å². The Balaban J connectivity index is 1.67. The van der Waals surface area contributed by atoms with Crippen molar-refractivity contribution in [1.82, 2.24) is 0 Å². The van der Waals surface area contributed by atoms with Crippen molar-refractivity contribution < 1.29 is 14.4 Å². The van der Waals surface area contributed by atoms with Gasteiger partial charge in [0, 0.05) is 11.3 Å². The zero-order valence-corrected chi connectivity index (χ0v) is 15.7. The molecule has 3 aromatic rings. The zero-order valence-electron chi connectivity index (χ0n) is 14.9. The summed E-state index contributed by atoms with van der Waals surface area (Å²) in [6.07, 6.45) is 0. The van der Waals surface area contributed by atoms with E-state index in [0.717, 1.165) is 10.5 Å². The number of carbonyl (C=O) groups excluding carboxylic acids is 3. The van der Waals surface area contributed by atoms with E-state index < -0.39 is 11.8 Å². The molecule has 0 fully saturated rings. The quantitative estimate of drug-likeness (QED) is 0.659. The molecule has 138 valence electrons. The van der Waals surface area contributed by atoms with Gasteiger partial charge in [0.2, 0.25) is 0 Å². The lowest BCUT2D eigenvalue weighted by Gasteiger charge is -2.17. The van der Waals surface area contributed by atoms with Crippen LogP contribution in [0.15, 0.2) is 66.7 Å². The molecule has 4 rings (SSSR count). The van der Waals surface area contributed by atoms with Gasteiger partial charge in [-0.3, -0.25) is 14.4 Å². The summed E-state index contributed by atoms with van der Waals surface area (Å²) in [5, 5.41) is 3.00. The highest BCUT2D eigenvalue weighted by Crippen LogP contribution is 2.34. The molecule has 0 bridgehead atoms. The number of nitrogens with zero attached hydrogens (tertiary/aromatic N) is 1. The molecule has 1 N–H and O–H groups in total. The fourth-order valence-electron chi connectivity index (χ4n) is 3.07. The normalized spacial score (nSPS) is 12.9. The van der Waals surface area contributed by atoms with Gasteiger partial charge in [-0.25, -0.2) is 4.90 Å². The first-order valence-electron chi connectivity index (χ1n) is 8.61. The summed E-state index contributed by atoms with van der Waals surface area (Å²) in [5.41, 5.74) is 2.84. The number of amides is 3. The van der Waals surface area contributed by atoms with Crippen molar-refractivity contribution in [3.05, 3.63) is 94.0 Å². The first-order valence-corrected chi connectivity index (χ1v) is 8.99. The highest BCUT2D eigenvalue weighted by Gasteiger charge is 2.37. The van der Waals surface area contributed by atoms with E-state index >= 15 is 0 Å². The molecule has 0 unspecified atom stereocenters. The molecular formula is C22H15ClN2O3. The highest BCUT2D eigenvalue weighted by atomic mass is 35.5. The minimum absolute atomic E-state index is 0.185. The van der Waals surface area contributed by atoms with Crippen LogP contribution in [0.3, 0.4) is 0 Å². The smallest absolute Gasteiger partial charge is 0.266 e. The van der Waals surface area contributed by atoms with Crippen molar-refractivity contribution in [2.75, 3.05) is 10.2 Å². The Morgan fingerprint density at radius 2 is 1.50 bits per heavy atom. The monoisotopic (exact) mass is 390 g/mol. The number of aryl methyl sites for hydroxylation is 1. The van der Waals surface area contributed by atoms with Gasteiger partial charge in [0.25, 0.3) is 17.7 Å². The highest BCUT2D eigenvalue weighted by molar-refractivity contribution is 6.40.